The number of rotatable bonds is 15. The second-order valence-electron chi connectivity index (χ2n) is 20.0. The standard InChI is InChI=1S/C54H60ClN9O6S/c1-53(2,3)48(50(68)62-33-43(65)29-45(62)49(67)58-31-35-9-11-38(12-10-35)46-32-57-34-70-46)59-47(66)8-6-7-23-60-24-26-61(27-25-60)40-18-13-36(14-19-40)37-15-20-41(21-16-37)64-52(71)63(51(69)54(64,4)5)42-22-17-39(30-56)44(55)28-42/h9-22,28,32,34,43,45,48,65H,6-8,23-27,29,31,33H2,1-5H3,(H,58,67)(H,59,66)/t43-,45+,48?/m1/s1. The molecule has 3 aliphatic heterocycles. The number of nitriles is 1. The number of anilines is 3. The Balaban J connectivity index is 0.773. The molecule has 0 spiro atoms. The van der Waals surface area contributed by atoms with Crippen LogP contribution in [0.2, 0.25) is 5.02 Å². The molecule has 3 N–H and O–H groups in total. The van der Waals surface area contributed by atoms with E-state index in [4.69, 9.17) is 28.2 Å². The third-order valence-corrected chi connectivity index (χ3v) is 14.3. The summed E-state index contributed by atoms with van der Waals surface area (Å²) in [6.45, 7) is 14.0. The molecule has 1 aromatic heterocycles. The van der Waals surface area contributed by atoms with Crippen LogP contribution in [0.25, 0.3) is 22.5 Å². The largest absolute Gasteiger partial charge is 0.444 e. The van der Waals surface area contributed by atoms with E-state index in [1.807, 2.05) is 94.1 Å². The molecule has 5 aromatic rings. The van der Waals surface area contributed by atoms with Crippen molar-refractivity contribution in [1.82, 2.24) is 25.4 Å². The van der Waals surface area contributed by atoms with E-state index in [2.05, 4.69) is 49.7 Å². The number of aliphatic hydroxyl groups excluding tert-OH is 1. The minimum absolute atomic E-state index is 0.0133. The van der Waals surface area contributed by atoms with Crippen LogP contribution in [0.4, 0.5) is 17.1 Å². The number of piperazine rings is 1. The third kappa shape index (κ3) is 11.3. The summed E-state index contributed by atoms with van der Waals surface area (Å²) in [4.78, 5) is 68.0. The quantitative estimate of drug-likeness (QED) is 0.0694. The lowest BCUT2D eigenvalue weighted by Gasteiger charge is -2.36. The first-order chi connectivity index (χ1) is 33.9. The Morgan fingerprint density at radius 3 is 2.15 bits per heavy atom. The number of thiocarbonyl (C=S) groups is 1. The highest BCUT2D eigenvalue weighted by molar-refractivity contribution is 7.81. The first-order valence-electron chi connectivity index (χ1n) is 24.0. The maximum atomic E-state index is 14.1. The zero-order valence-electron chi connectivity index (χ0n) is 40.7. The summed E-state index contributed by atoms with van der Waals surface area (Å²) >= 11 is 12.2. The van der Waals surface area contributed by atoms with Gasteiger partial charge in [0.05, 0.1) is 28.6 Å². The summed E-state index contributed by atoms with van der Waals surface area (Å²) in [6, 6.07) is 29.3. The molecule has 0 saturated carbocycles. The summed E-state index contributed by atoms with van der Waals surface area (Å²) < 4.78 is 5.35. The predicted octanol–water partition coefficient (Wildman–Crippen LogP) is 7.55. The summed E-state index contributed by atoms with van der Waals surface area (Å²) in [5.74, 6) is -0.502. The highest BCUT2D eigenvalue weighted by atomic mass is 35.5. The minimum Gasteiger partial charge on any atom is -0.444 e. The number of nitrogens with zero attached hydrogens (tertiary/aromatic N) is 7. The van der Waals surface area contributed by atoms with Gasteiger partial charge in [-0.25, -0.2) is 4.98 Å². The van der Waals surface area contributed by atoms with E-state index in [-0.39, 0.29) is 54.6 Å². The van der Waals surface area contributed by atoms with Gasteiger partial charge in [0.1, 0.15) is 23.7 Å². The van der Waals surface area contributed by atoms with Gasteiger partial charge in [-0.1, -0.05) is 80.9 Å². The molecule has 15 nitrogen and oxygen atoms in total. The number of unbranched alkanes of at least 4 members (excludes halogenated alkanes) is 1. The van der Waals surface area contributed by atoms with Crippen molar-refractivity contribution in [3.63, 3.8) is 0 Å². The van der Waals surface area contributed by atoms with Crippen molar-refractivity contribution >= 4 is 69.6 Å². The average molecular weight is 999 g/mol. The normalized spacial score (nSPS) is 18.7. The van der Waals surface area contributed by atoms with Crippen molar-refractivity contribution in [1.29, 1.82) is 5.26 Å². The van der Waals surface area contributed by atoms with Crippen LogP contribution in [0.1, 0.15) is 71.4 Å². The number of carbonyl (C=O) groups excluding carboxylic acids is 4. The van der Waals surface area contributed by atoms with Crippen LogP contribution >= 0.6 is 23.8 Å². The van der Waals surface area contributed by atoms with Gasteiger partial charge in [-0.15, -0.1) is 0 Å². The Hall–Kier alpha value is -6.64. The molecule has 4 amide bonds. The molecule has 4 heterocycles. The lowest BCUT2D eigenvalue weighted by atomic mass is 9.85. The molecule has 71 heavy (non-hydrogen) atoms. The zero-order chi connectivity index (χ0) is 50.6. The van der Waals surface area contributed by atoms with Crippen molar-refractivity contribution in [3.8, 4) is 28.5 Å². The SMILES string of the molecule is CC(C)(C)C(NC(=O)CCCCN1CCN(c2ccc(-c3ccc(N4C(=S)N(c5ccc(C#N)c(Cl)c5)C(=O)C4(C)C)cc3)cc2)CC1)C(=O)N1C[C@H](O)C[C@H]1C(=O)NCc1ccc(-c2cnco2)cc1. The van der Waals surface area contributed by atoms with Gasteiger partial charge in [0, 0.05) is 69.0 Å². The van der Waals surface area contributed by atoms with E-state index in [0.29, 0.717) is 28.5 Å². The van der Waals surface area contributed by atoms with Gasteiger partial charge >= 0.3 is 0 Å². The van der Waals surface area contributed by atoms with Crippen molar-refractivity contribution in [2.75, 3.05) is 54.0 Å². The fourth-order valence-corrected chi connectivity index (χ4v) is 10.3. The number of nitrogens with one attached hydrogen (secondary N) is 2. The van der Waals surface area contributed by atoms with Crippen molar-refractivity contribution < 1.29 is 28.7 Å². The number of aromatic nitrogens is 1. The molecule has 3 fully saturated rings. The molecule has 3 saturated heterocycles. The minimum atomic E-state index is -0.952. The van der Waals surface area contributed by atoms with E-state index in [0.717, 1.165) is 72.8 Å². The van der Waals surface area contributed by atoms with E-state index >= 15 is 0 Å². The summed E-state index contributed by atoms with van der Waals surface area (Å²) in [6.07, 6.45) is 4.03. The van der Waals surface area contributed by atoms with Crippen molar-refractivity contribution in [3.05, 3.63) is 120 Å². The van der Waals surface area contributed by atoms with Crippen LogP contribution in [0.3, 0.4) is 0 Å². The molecule has 370 valence electrons. The second kappa shape index (κ2) is 21.4. The molecule has 3 aliphatic rings. The van der Waals surface area contributed by atoms with Crippen LogP contribution in [0, 0.1) is 16.7 Å². The highest BCUT2D eigenvalue weighted by Crippen LogP contribution is 2.38. The number of aliphatic hydroxyl groups is 1. The number of oxazole rings is 1. The lowest BCUT2D eigenvalue weighted by Crippen LogP contribution is -2.57. The smallest absolute Gasteiger partial charge is 0.259 e. The van der Waals surface area contributed by atoms with Crippen LogP contribution in [-0.4, -0.2) is 112 Å². The Labute approximate surface area is 425 Å². The van der Waals surface area contributed by atoms with Crippen LogP contribution in [-0.2, 0) is 25.7 Å². The number of halogens is 1. The summed E-state index contributed by atoms with van der Waals surface area (Å²) in [5.41, 5.74) is 5.00. The molecule has 8 rings (SSSR count). The van der Waals surface area contributed by atoms with Crippen LogP contribution < -0.4 is 25.3 Å². The van der Waals surface area contributed by atoms with Gasteiger partial charge in [0.15, 0.2) is 17.3 Å². The molecule has 4 aromatic carbocycles. The fourth-order valence-electron chi connectivity index (χ4n) is 9.51. The Morgan fingerprint density at radius 2 is 1.55 bits per heavy atom. The summed E-state index contributed by atoms with van der Waals surface area (Å²) in [5, 5.41) is 26.4. The molecule has 0 aliphatic carbocycles. The zero-order valence-corrected chi connectivity index (χ0v) is 42.3. The lowest BCUT2D eigenvalue weighted by molar-refractivity contribution is -0.144. The van der Waals surface area contributed by atoms with Crippen molar-refractivity contribution in [2.45, 2.75) is 90.6 Å². The van der Waals surface area contributed by atoms with Gasteiger partial charge < -0.3 is 34.9 Å². The van der Waals surface area contributed by atoms with Crippen molar-refractivity contribution in [2.24, 2.45) is 5.41 Å². The van der Waals surface area contributed by atoms with Gasteiger partial charge in [-0.05, 0) is 110 Å². The number of likely N-dealkylation sites (tertiary alicyclic amines) is 1. The second-order valence-corrected chi connectivity index (χ2v) is 20.8. The molecule has 0 radical (unpaired) electrons. The van der Waals surface area contributed by atoms with E-state index in [9.17, 15) is 29.5 Å². The highest BCUT2D eigenvalue weighted by Gasteiger charge is 2.50. The average Bonchev–Trinajstić information content (AvgIpc) is 4.08. The Bertz CT molecular complexity index is 2780. The number of benzene rings is 4. The van der Waals surface area contributed by atoms with E-state index in [1.54, 1.807) is 24.4 Å². The molecule has 0 bridgehead atoms. The Kier molecular flexibility index (Phi) is 15.3. The molecule has 1 unspecified atom stereocenters. The molecular weight excluding hydrogens is 938 g/mol. The predicted molar refractivity (Wildman–Crippen MR) is 278 cm³/mol. The molecule has 17 heteroatoms. The number of amides is 4. The van der Waals surface area contributed by atoms with E-state index < -0.39 is 29.1 Å². The summed E-state index contributed by atoms with van der Waals surface area (Å²) in [7, 11) is 0. The third-order valence-electron chi connectivity index (χ3n) is 13.6. The van der Waals surface area contributed by atoms with E-state index in [1.165, 1.54) is 16.2 Å². The van der Waals surface area contributed by atoms with Gasteiger partial charge in [-0.2, -0.15) is 5.26 Å². The number of β-amino-alcohol motifs (C(OH)–C–C–N with tert-alkyl or cyclic N) is 1. The van der Waals surface area contributed by atoms with Gasteiger partial charge in [-0.3, -0.25) is 29.0 Å². The maximum Gasteiger partial charge on any atom is 0.259 e. The van der Waals surface area contributed by atoms with Gasteiger partial charge in [0.2, 0.25) is 17.7 Å². The van der Waals surface area contributed by atoms with Crippen LogP contribution in [0.5, 0.6) is 0 Å². The Morgan fingerprint density at radius 1 is 0.915 bits per heavy atom. The first kappa shape index (κ1) is 50.7. The fraction of sp³-hybridized carbons (Fsp3) is 0.389. The monoisotopic (exact) mass is 997 g/mol. The first-order valence-corrected chi connectivity index (χ1v) is 24.8. The topological polar surface area (TPSA) is 179 Å². The number of hydrogen-bond donors (Lipinski definition) is 3. The molecule has 3 atom stereocenters. The maximum absolute atomic E-state index is 14.1. The number of hydrogen-bond acceptors (Lipinski definition) is 11. The van der Waals surface area contributed by atoms with Gasteiger partial charge in [0.25, 0.3) is 5.91 Å². The number of carbonyl (C=O) groups is 4. The van der Waals surface area contributed by atoms with Crippen LogP contribution in [0.15, 0.2) is 108 Å². The molecular formula is C54H60ClN9O6S.